The predicted octanol–water partition coefficient (Wildman–Crippen LogP) is 2.07. The number of piperidine rings is 1. The Hall–Kier alpha value is -1.75. The number of amides is 1. The molecule has 1 N–H and O–H groups in total. The Balaban J connectivity index is 2.16. The molecule has 1 aromatic rings. The maximum absolute atomic E-state index is 12.4. The molecule has 0 unspecified atom stereocenters. The van der Waals surface area contributed by atoms with Gasteiger partial charge in [0, 0.05) is 18.1 Å². The summed E-state index contributed by atoms with van der Waals surface area (Å²) in [6.45, 7) is 0.857. The number of phenols is 1. The Kier molecular flexibility index (Phi) is 4.49. The highest BCUT2D eigenvalue weighted by Gasteiger charge is 2.30. The van der Waals surface area contributed by atoms with Crippen LogP contribution in [0.15, 0.2) is 18.2 Å². The van der Waals surface area contributed by atoms with Gasteiger partial charge in [-0.15, -0.1) is 0 Å². The van der Waals surface area contributed by atoms with Crippen molar-refractivity contribution >= 4 is 23.5 Å². The molecule has 1 fully saturated rings. The van der Waals surface area contributed by atoms with E-state index in [4.69, 9.17) is 16.3 Å². The maximum atomic E-state index is 12.4. The molecule has 108 valence electrons. The first-order valence-corrected chi connectivity index (χ1v) is 6.76. The van der Waals surface area contributed by atoms with Crippen molar-refractivity contribution in [3.8, 4) is 5.75 Å². The summed E-state index contributed by atoms with van der Waals surface area (Å²) in [5, 5.41) is 10.1. The van der Waals surface area contributed by atoms with E-state index in [1.165, 1.54) is 25.3 Å². The van der Waals surface area contributed by atoms with Crippen LogP contribution < -0.4 is 0 Å². The van der Waals surface area contributed by atoms with Gasteiger partial charge in [-0.05, 0) is 31.0 Å². The highest BCUT2D eigenvalue weighted by Crippen LogP contribution is 2.25. The number of methoxy groups -OCH3 is 1. The third kappa shape index (κ3) is 3.04. The largest absolute Gasteiger partial charge is 0.507 e. The molecule has 0 saturated carbocycles. The van der Waals surface area contributed by atoms with Gasteiger partial charge in [0.25, 0.3) is 5.91 Å². The highest BCUT2D eigenvalue weighted by molar-refractivity contribution is 6.31. The second-order valence-electron chi connectivity index (χ2n) is 4.77. The normalized spacial score (nSPS) is 18.7. The van der Waals surface area contributed by atoms with Gasteiger partial charge in [-0.2, -0.15) is 0 Å². The lowest BCUT2D eigenvalue weighted by molar-refractivity contribution is -0.146. The van der Waals surface area contributed by atoms with Gasteiger partial charge in [0.05, 0.1) is 18.6 Å². The fourth-order valence-electron chi connectivity index (χ4n) is 2.37. The van der Waals surface area contributed by atoms with Gasteiger partial charge in [-0.25, -0.2) is 0 Å². The SMILES string of the molecule is COC(=O)[C@H]1CCCN(C(=O)c2cc(Cl)ccc2O)C1. The molecular weight excluding hydrogens is 282 g/mol. The molecule has 1 atom stereocenters. The fraction of sp³-hybridized carbons (Fsp3) is 0.429. The molecule has 1 aliphatic rings. The lowest BCUT2D eigenvalue weighted by Gasteiger charge is -2.31. The van der Waals surface area contributed by atoms with Crippen LogP contribution in [0.5, 0.6) is 5.75 Å². The van der Waals surface area contributed by atoms with Crippen molar-refractivity contribution in [2.75, 3.05) is 20.2 Å². The summed E-state index contributed by atoms with van der Waals surface area (Å²) < 4.78 is 4.72. The van der Waals surface area contributed by atoms with Gasteiger partial charge >= 0.3 is 5.97 Å². The van der Waals surface area contributed by atoms with Gasteiger partial charge in [0.15, 0.2) is 0 Å². The molecule has 0 aliphatic carbocycles. The molecule has 6 heteroatoms. The molecule has 0 radical (unpaired) electrons. The average molecular weight is 298 g/mol. The summed E-state index contributed by atoms with van der Waals surface area (Å²) in [5.41, 5.74) is 0.156. The van der Waals surface area contributed by atoms with Crippen LogP contribution in [-0.4, -0.2) is 42.1 Å². The third-order valence-corrected chi connectivity index (χ3v) is 3.67. The Morgan fingerprint density at radius 2 is 2.20 bits per heavy atom. The predicted molar refractivity (Wildman–Crippen MR) is 73.8 cm³/mol. The van der Waals surface area contributed by atoms with Crippen LogP contribution in [0.3, 0.4) is 0 Å². The molecule has 5 nitrogen and oxygen atoms in total. The van der Waals surface area contributed by atoms with Gasteiger partial charge in [0.2, 0.25) is 0 Å². The quantitative estimate of drug-likeness (QED) is 0.849. The van der Waals surface area contributed by atoms with E-state index in [1.807, 2.05) is 0 Å². The zero-order valence-corrected chi connectivity index (χ0v) is 11.9. The summed E-state index contributed by atoms with van der Waals surface area (Å²) in [6, 6.07) is 4.33. The van der Waals surface area contributed by atoms with E-state index in [-0.39, 0.29) is 29.1 Å². The Labute approximate surface area is 122 Å². The molecule has 20 heavy (non-hydrogen) atoms. The summed E-state index contributed by atoms with van der Waals surface area (Å²) in [5.74, 6) is -1.05. The molecule has 0 bridgehead atoms. The first-order valence-electron chi connectivity index (χ1n) is 6.38. The second kappa shape index (κ2) is 6.13. The lowest BCUT2D eigenvalue weighted by atomic mass is 9.97. The number of hydrogen-bond donors (Lipinski definition) is 1. The van der Waals surface area contributed by atoms with Gasteiger partial charge < -0.3 is 14.7 Å². The smallest absolute Gasteiger partial charge is 0.310 e. The highest BCUT2D eigenvalue weighted by atomic mass is 35.5. The van der Waals surface area contributed by atoms with Crippen molar-refractivity contribution in [1.82, 2.24) is 4.90 Å². The van der Waals surface area contributed by atoms with Crippen molar-refractivity contribution in [1.29, 1.82) is 0 Å². The van der Waals surface area contributed by atoms with Crippen LogP contribution in [0.2, 0.25) is 5.02 Å². The van der Waals surface area contributed by atoms with E-state index in [0.29, 0.717) is 24.5 Å². The minimum absolute atomic E-state index is 0.111. The number of likely N-dealkylation sites (tertiary alicyclic amines) is 1. The number of hydrogen-bond acceptors (Lipinski definition) is 4. The summed E-state index contributed by atoms with van der Waals surface area (Å²) in [4.78, 5) is 25.5. The Morgan fingerprint density at radius 1 is 1.45 bits per heavy atom. The standard InChI is InChI=1S/C14H16ClNO4/c1-20-14(19)9-3-2-6-16(8-9)13(18)11-7-10(15)4-5-12(11)17/h4-5,7,9,17H,2-3,6,8H2,1H3/t9-/m0/s1. The van der Waals surface area contributed by atoms with Crippen molar-refractivity contribution in [3.63, 3.8) is 0 Å². The lowest BCUT2D eigenvalue weighted by Crippen LogP contribution is -2.42. The summed E-state index contributed by atoms with van der Waals surface area (Å²) in [6.07, 6.45) is 1.44. The molecule has 1 aromatic carbocycles. The molecule has 1 saturated heterocycles. The number of esters is 1. The number of rotatable bonds is 2. The van der Waals surface area contributed by atoms with E-state index in [0.717, 1.165) is 6.42 Å². The molecule has 0 spiro atoms. The minimum atomic E-state index is -0.321. The summed E-state index contributed by atoms with van der Waals surface area (Å²) in [7, 11) is 1.34. The zero-order valence-electron chi connectivity index (χ0n) is 11.1. The number of carbonyl (C=O) groups is 2. The molecule has 1 heterocycles. The Bertz CT molecular complexity index is 532. The fourth-order valence-corrected chi connectivity index (χ4v) is 2.54. The van der Waals surface area contributed by atoms with Gasteiger partial charge in [-0.3, -0.25) is 9.59 Å². The number of carbonyl (C=O) groups excluding carboxylic acids is 2. The molecule has 1 aliphatic heterocycles. The van der Waals surface area contributed by atoms with E-state index in [1.54, 1.807) is 4.90 Å². The number of aromatic hydroxyl groups is 1. The van der Waals surface area contributed by atoms with Crippen molar-refractivity contribution in [2.24, 2.45) is 5.92 Å². The molecular formula is C14H16ClNO4. The first kappa shape index (κ1) is 14.7. The first-order chi connectivity index (χ1) is 9.52. The number of benzene rings is 1. The maximum Gasteiger partial charge on any atom is 0.310 e. The van der Waals surface area contributed by atoms with Crippen LogP contribution in [0.4, 0.5) is 0 Å². The topological polar surface area (TPSA) is 66.8 Å². The molecule has 1 amide bonds. The van der Waals surface area contributed by atoms with Crippen LogP contribution in [0, 0.1) is 5.92 Å². The monoisotopic (exact) mass is 297 g/mol. The van der Waals surface area contributed by atoms with E-state index in [2.05, 4.69) is 0 Å². The minimum Gasteiger partial charge on any atom is -0.507 e. The second-order valence-corrected chi connectivity index (χ2v) is 5.21. The van der Waals surface area contributed by atoms with E-state index >= 15 is 0 Å². The van der Waals surface area contributed by atoms with Crippen LogP contribution >= 0.6 is 11.6 Å². The van der Waals surface area contributed by atoms with Crippen LogP contribution in [0.1, 0.15) is 23.2 Å². The van der Waals surface area contributed by atoms with Crippen LogP contribution in [-0.2, 0) is 9.53 Å². The van der Waals surface area contributed by atoms with Crippen LogP contribution in [0.25, 0.3) is 0 Å². The molecule has 0 aromatic heterocycles. The van der Waals surface area contributed by atoms with Crippen molar-refractivity contribution in [3.05, 3.63) is 28.8 Å². The number of phenolic OH excluding ortho intramolecular Hbond substituents is 1. The number of ether oxygens (including phenoxy) is 1. The van der Waals surface area contributed by atoms with Gasteiger partial charge in [-0.1, -0.05) is 11.6 Å². The third-order valence-electron chi connectivity index (χ3n) is 3.43. The zero-order chi connectivity index (χ0) is 14.7. The number of halogens is 1. The van der Waals surface area contributed by atoms with Gasteiger partial charge in [0.1, 0.15) is 5.75 Å². The number of nitrogens with zero attached hydrogens (tertiary/aromatic N) is 1. The van der Waals surface area contributed by atoms with Crippen molar-refractivity contribution < 1.29 is 19.4 Å². The summed E-state index contributed by atoms with van der Waals surface area (Å²) >= 11 is 5.85. The molecule has 2 rings (SSSR count). The average Bonchev–Trinajstić information content (AvgIpc) is 2.48. The van der Waals surface area contributed by atoms with E-state index < -0.39 is 0 Å². The Morgan fingerprint density at radius 3 is 2.90 bits per heavy atom. The van der Waals surface area contributed by atoms with Crippen molar-refractivity contribution in [2.45, 2.75) is 12.8 Å². The van der Waals surface area contributed by atoms with E-state index in [9.17, 15) is 14.7 Å².